The van der Waals surface area contributed by atoms with Crippen molar-refractivity contribution in [2.75, 3.05) is 5.48 Å². The van der Waals surface area contributed by atoms with Gasteiger partial charge in [-0.25, -0.2) is 10.7 Å². The quantitative estimate of drug-likeness (QED) is 0.424. The van der Waals surface area contributed by atoms with E-state index in [2.05, 4.69) is 10.5 Å². The minimum Gasteiger partial charge on any atom is -0.258 e. The number of nitrogens with zero attached hydrogens (tertiary/aromatic N) is 1. The van der Waals surface area contributed by atoms with Crippen LogP contribution in [0, 0.1) is 17.0 Å². The summed E-state index contributed by atoms with van der Waals surface area (Å²) in [5, 5.41) is 18.5. The summed E-state index contributed by atoms with van der Waals surface area (Å²) in [4.78, 5) is 13.6. The SMILES string of the molecule is Cc1ccc(NOO)cc1[N+](=O)[O-]. The molecule has 0 aliphatic heterocycles. The molecule has 1 rings (SSSR count). The molecule has 0 aliphatic rings. The van der Waals surface area contributed by atoms with Crippen LogP contribution in [0.1, 0.15) is 5.56 Å². The molecule has 0 atom stereocenters. The van der Waals surface area contributed by atoms with E-state index in [9.17, 15) is 10.1 Å². The summed E-state index contributed by atoms with van der Waals surface area (Å²) in [5.41, 5.74) is 2.92. The first-order valence-electron chi connectivity index (χ1n) is 3.46. The van der Waals surface area contributed by atoms with Crippen molar-refractivity contribution in [2.24, 2.45) is 0 Å². The maximum Gasteiger partial charge on any atom is 0.274 e. The number of anilines is 1. The van der Waals surface area contributed by atoms with Gasteiger partial charge in [0.1, 0.15) is 0 Å². The van der Waals surface area contributed by atoms with E-state index in [0.29, 0.717) is 11.3 Å². The van der Waals surface area contributed by atoms with Crippen LogP contribution in [0.15, 0.2) is 18.2 Å². The Hall–Kier alpha value is -1.66. The first-order chi connectivity index (χ1) is 6.15. The third-order valence-electron chi connectivity index (χ3n) is 1.57. The molecule has 1 aromatic carbocycles. The van der Waals surface area contributed by atoms with Gasteiger partial charge < -0.3 is 0 Å². The summed E-state index contributed by atoms with van der Waals surface area (Å²) in [7, 11) is 0. The lowest BCUT2D eigenvalue weighted by Gasteiger charge is -2.01. The molecule has 0 heterocycles. The zero-order valence-corrected chi connectivity index (χ0v) is 6.85. The smallest absolute Gasteiger partial charge is 0.258 e. The van der Waals surface area contributed by atoms with Crippen molar-refractivity contribution in [3.63, 3.8) is 0 Å². The zero-order chi connectivity index (χ0) is 9.84. The van der Waals surface area contributed by atoms with Gasteiger partial charge in [-0.1, -0.05) is 6.07 Å². The van der Waals surface area contributed by atoms with E-state index >= 15 is 0 Å². The molecule has 0 spiro atoms. The Kier molecular flexibility index (Phi) is 2.78. The van der Waals surface area contributed by atoms with E-state index in [4.69, 9.17) is 5.26 Å². The average molecular weight is 184 g/mol. The number of nitro benzene ring substituents is 1. The van der Waals surface area contributed by atoms with E-state index < -0.39 is 4.92 Å². The first-order valence-corrected chi connectivity index (χ1v) is 3.46. The molecule has 0 saturated carbocycles. The van der Waals surface area contributed by atoms with Crippen LogP contribution < -0.4 is 5.48 Å². The number of aryl methyl sites for hydroxylation is 1. The van der Waals surface area contributed by atoms with Crippen molar-refractivity contribution in [3.05, 3.63) is 33.9 Å². The highest BCUT2D eigenvalue weighted by atomic mass is 17.2. The highest BCUT2D eigenvalue weighted by Crippen LogP contribution is 2.21. The molecule has 1 aromatic rings. The van der Waals surface area contributed by atoms with Gasteiger partial charge in [0.05, 0.1) is 10.6 Å². The summed E-state index contributed by atoms with van der Waals surface area (Å²) in [6.07, 6.45) is 0. The van der Waals surface area contributed by atoms with Crippen molar-refractivity contribution < 1.29 is 15.2 Å². The lowest BCUT2D eigenvalue weighted by atomic mass is 10.2. The summed E-state index contributed by atoms with van der Waals surface area (Å²) < 4.78 is 0. The Bertz CT molecular complexity index is 326. The molecule has 0 aromatic heterocycles. The topological polar surface area (TPSA) is 84.6 Å². The lowest BCUT2D eigenvalue weighted by molar-refractivity contribution is -0.385. The summed E-state index contributed by atoms with van der Waals surface area (Å²) in [6, 6.07) is 4.38. The Labute approximate surface area is 73.8 Å². The van der Waals surface area contributed by atoms with Gasteiger partial charge in [-0.2, -0.15) is 0 Å². The minimum absolute atomic E-state index is 0.0259. The molecule has 2 N–H and O–H groups in total. The molecule has 0 fully saturated rings. The van der Waals surface area contributed by atoms with E-state index in [0.717, 1.165) is 0 Å². The van der Waals surface area contributed by atoms with Crippen LogP contribution in [-0.2, 0) is 4.99 Å². The van der Waals surface area contributed by atoms with Crippen LogP contribution in [0.25, 0.3) is 0 Å². The number of benzene rings is 1. The number of hydrogen-bond donors (Lipinski definition) is 2. The van der Waals surface area contributed by atoms with E-state index in [-0.39, 0.29) is 5.69 Å². The summed E-state index contributed by atoms with van der Waals surface area (Å²) in [6.45, 7) is 1.63. The van der Waals surface area contributed by atoms with Crippen molar-refractivity contribution in [2.45, 2.75) is 6.92 Å². The van der Waals surface area contributed by atoms with Crippen LogP contribution in [0.2, 0.25) is 0 Å². The van der Waals surface area contributed by atoms with Crippen LogP contribution in [-0.4, -0.2) is 10.2 Å². The van der Waals surface area contributed by atoms with Crippen LogP contribution in [0.5, 0.6) is 0 Å². The predicted molar refractivity (Wildman–Crippen MR) is 45.2 cm³/mol. The zero-order valence-electron chi connectivity index (χ0n) is 6.85. The Morgan fingerprint density at radius 3 is 2.85 bits per heavy atom. The monoisotopic (exact) mass is 184 g/mol. The van der Waals surface area contributed by atoms with Gasteiger partial charge in [0.15, 0.2) is 0 Å². The van der Waals surface area contributed by atoms with Gasteiger partial charge in [0.2, 0.25) is 0 Å². The normalized spacial score (nSPS) is 9.69. The number of hydrogen-bond acceptors (Lipinski definition) is 5. The third kappa shape index (κ3) is 2.14. The molecular formula is C7H8N2O4. The van der Waals surface area contributed by atoms with Crippen molar-refractivity contribution >= 4 is 11.4 Å². The van der Waals surface area contributed by atoms with E-state index in [1.807, 2.05) is 0 Å². The first kappa shape index (κ1) is 9.43. The van der Waals surface area contributed by atoms with E-state index in [1.54, 1.807) is 19.1 Å². The fourth-order valence-electron chi connectivity index (χ4n) is 0.922. The largest absolute Gasteiger partial charge is 0.274 e. The number of nitro groups is 1. The summed E-state index contributed by atoms with van der Waals surface area (Å²) >= 11 is 0. The maximum absolute atomic E-state index is 10.5. The van der Waals surface area contributed by atoms with Crippen LogP contribution in [0.3, 0.4) is 0 Å². The van der Waals surface area contributed by atoms with Crippen molar-refractivity contribution in [1.29, 1.82) is 0 Å². The highest BCUT2D eigenvalue weighted by Gasteiger charge is 2.10. The maximum atomic E-state index is 10.5. The van der Waals surface area contributed by atoms with E-state index in [1.165, 1.54) is 6.07 Å². The van der Waals surface area contributed by atoms with Gasteiger partial charge in [-0.05, 0) is 13.0 Å². The molecule has 70 valence electrons. The molecule has 0 aliphatic carbocycles. The molecule has 6 heteroatoms. The minimum atomic E-state index is -0.502. The Morgan fingerprint density at radius 2 is 2.31 bits per heavy atom. The second-order valence-electron chi connectivity index (χ2n) is 2.45. The second-order valence-corrected chi connectivity index (χ2v) is 2.45. The van der Waals surface area contributed by atoms with Crippen molar-refractivity contribution in [1.82, 2.24) is 0 Å². The number of nitrogens with one attached hydrogen (secondary N) is 1. The molecule has 0 saturated heterocycles. The van der Waals surface area contributed by atoms with Gasteiger partial charge in [0.25, 0.3) is 5.69 Å². The van der Waals surface area contributed by atoms with Crippen LogP contribution >= 0.6 is 0 Å². The highest BCUT2D eigenvalue weighted by molar-refractivity contribution is 5.53. The lowest BCUT2D eigenvalue weighted by Crippen LogP contribution is -1.98. The predicted octanol–water partition coefficient (Wildman–Crippen LogP) is 1.72. The second kappa shape index (κ2) is 3.83. The average Bonchev–Trinajstić information content (AvgIpc) is 2.08. The molecular weight excluding hydrogens is 176 g/mol. The molecule has 13 heavy (non-hydrogen) atoms. The standard InChI is InChI=1S/C7H8N2O4/c1-5-2-3-6(8-13-12)4-7(5)9(10)11/h2-4,8,12H,1H3. The van der Waals surface area contributed by atoms with Gasteiger partial charge in [0, 0.05) is 11.6 Å². The van der Waals surface area contributed by atoms with Gasteiger partial charge in [-0.3, -0.25) is 10.1 Å². The molecule has 0 bridgehead atoms. The third-order valence-corrected chi connectivity index (χ3v) is 1.57. The Balaban J connectivity index is 3.04. The molecule has 0 radical (unpaired) electrons. The molecule has 0 unspecified atom stereocenters. The fourth-order valence-corrected chi connectivity index (χ4v) is 0.922. The van der Waals surface area contributed by atoms with Gasteiger partial charge >= 0.3 is 0 Å². The fraction of sp³-hybridized carbons (Fsp3) is 0.143. The molecule has 6 nitrogen and oxygen atoms in total. The van der Waals surface area contributed by atoms with Crippen molar-refractivity contribution in [3.8, 4) is 0 Å². The van der Waals surface area contributed by atoms with Gasteiger partial charge in [-0.15, -0.1) is 4.99 Å². The number of rotatable bonds is 3. The van der Waals surface area contributed by atoms with Crippen LogP contribution in [0.4, 0.5) is 11.4 Å². The Morgan fingerprint density at radius 1 is 1.62 bits per heavy atom. The molecule has 0 amide bonds. The summed E-state index contributed by atoms with van der Waals surface area (Å²) in [5.74, 6) is 0.